The number of nitriles is 1. The predicted molar refractivity (Wildman–Crippen MR) is 87.9 cm³/mol. The highest BCUT2D eigenvalue weighted by Gasteiger charge is 2.36. The molecule has 1 aromatic heterocycles. The first-order chi connectivity index (χ1) is 11.7. The second kappa shape index (κ2) is 7.30. The van der Waals surface area contributed by atoms with Crippen LogP contribution in [0.3, 0.4) is 0 Å². The normalized spacial score (nSPS) is 19.9. The number of hydrogen-bond acceptors (Lipinski definition) is 5. The second-order valence-corrected chi connectivity index (χ2v) is 6.37. The fourth-order valence-electron chi connectivity index (χ4n) is 2.88. The Hall–Kier alpha value is -2.62. The lowest BCUT2D eigenvalue weighted by atomic mass is 10.1. The Kier molecular flexibility index (Phi) is 4.94. The molecule has 24 heavy (non-hydrogen) atoms. The lowest BCUT2D eigenvalue weighted by molar-refractivity contribution is -0.129. The molecular weight excluding hydrogens is 306 g/mol. The molecule has 1 aliphatic carbocycles. The molecule has 3 rings (SSSR count). The SMILES string of the molecule is N#Cc1cccnc1NCCNC(=O)C1CC(=O)N(CC2CC2)C1. The maximum absolute atomic E-state index is 12.2. The Labute approximate surface area is 141 Å². The highest BCUT2D eigenvalue weighted by atomic mass is 16.2. The summed E-state index contributed by atoms with van der Waals surface area (Å²) in [5.74, 6) is 0.923. The van der Waals surface area contributed by atoms with Crippen LogP contribution in [0.25, 0.3) is 0 Å². The van der Waals surface area contributed by atoms with Crippen molar-refractivity contribution in [1.29, 1.82) is 5.26 Å². The van der Waals surface area contributed by atoms with E-state index in [2.05, 4.69) is 21.7 Å². The van der Waals surface area contributed by atoms with Crippen molar-refractivity contribution < 1.29 is 9.59 Å². The Morgan fingerprint density at radius 3 is 3.00 bits per heavy atom. The first kappa shape index (κ1) is 16.2. The van der Waals surface area contributed by atoms with Crippen LogP contribution in [0.1, 0.15) is 24.8 Å². The fourth-order valence-corrected chi connectivity index (χ4v) is 2.88. The summed E-state index contributed by atoms with van der Waals surface area (Å²) in [6, 6.07) is 5.46. The number of nitrogens with one attached hydrogen (secondary N) is 2. The van der Waals surface area contributed by atoms with Gasteiger partial charge in [-0.15, -0.1) is 0 Å². The molecule has 2 amide bonds. The van der Waals surface area contributed by atoms with Crippen LogP contribution in [0.15, 0.2) is 18.3 Å². The lowest BCUT2D eigenvalue weighted by Gasteiger charge is -2.16. The van der Waals surface area contributed by atoms with Crippen molar-refractivity contribution in [1.82, 2.24) is 15.2 Å². The molecule has 0 spiro atoms. The van der Waals surface area contributed by atoms with E-state index in [1.807, 2.05) is 4.90 Å². The topological polar surface area (TPSA) is 98.1 Å². The van der Waals surface area contributed by atoms with E-state index in [4.69, 9.17) is 5.26 Å². The predicted octanol–water partition coefficient (Wildman–Crippen LogP) is 0.740. The molecule has 126 valence electrons. The van der Waals surface area contributed by atoms with Gasteiger partial charge in [0, 0.05) is 38.8 Å². The highest BCUT2D eigenvalue weighted by Crippen LogP contribution is 2.31. The standard InChI is InChI=1S/C17H21N5O2/c18-9-13-2-1-5-19-16(13)20-6-7-21-17(24)14-8-15(23)22(11-14)10-12-3-4-12/h1-2,5,12,14H,3-4,6-8,10-11H2,(H,19,20)(H,21,24). The van der Waals surface area contributed by atoms with E-state index >= 15 is 0 Å². The van der Waals surface area contributed by atoms with Gasteiger partial charge in [0.05, 0.1) is 11.5 Å². The van der Waals surface area contributed by atoms with Crippen LogP contribution in [0.5, 0.6) is 0 Å². The first-order valence-corrected chi connectivity index (χ1v) is 8.32. The zero-order valence-corrected chi connectivity index (χ0v) is 13.5. The Morgan fingerprint density at radius 1 is 1.42 bits per heavy atom. The summed E-state index contributed by atoms with van der Waals surface area (Å²) in [5, 5.41) is 14.9. The minimum absolute atomic E-state index is 0.0787. The van der Waals surface area contributed by atoms with Gasteiger partial charge in [-0.2, -0.15) is 5.26 Å². The number of carbonyl (C=O) groups is 2. The third-order valence-corrected chi connectivity index (χ3v) is 4.41. The van der Waals surface area contributed by atoms with Crippen LogP contribution in [0.4, 0.5) is 5.82 Å². The number of hydrogen-bond donors (Lipinski definition) is 2. The Morgan fingerprint density at radius 2 is 2.25 bits per heavy atom. The Bertz CT molecular complexity index is 665. The molecule has 1 saturated carbocycles. The molecule has 2 heterocycles. The van der Waals surface area contributed by atoms with Gasteiger partial charge in [-0.05, 0) is 30.9 Å². The van der Waals surface area contributed by atoms with Gasteiger partial charge in [0.2, 0.25) is 11.8 Å². The molecule has 1 atom stereocenters. The van der Waals surface area contributed by atoms with Gasteiger partial charge in [-0.1, -0.05) is 0 Å². The van der Waals surface area contributed by atoms with E-state index in [0.717, 1.165) is 6.54 Å². The molecule has 2 fully saturated rings. The van der Waals surface area contributed by atoms with Gasteiger partial charge in [0.15, 0.2) is 0 Å². The molecule has 2 aliphatic rings. The average molecular weight is 327 g/mol. The average Bonchev–Trinajstić information content (AvgIpc) is 3.34. The summed E-state index contributed by atoms with van der Waals surface area (Å²) < 4.78 is 0. The van der Waals surface area contributed by atoms with E-state index in [1.54, 1.807) is 18.3 Å². The van der Waals surface area contributed by atoms with Crippen molar-refractivity contribution in [3.8, 4) is 6.07 Å². The molecule has 1 aromatic rings. The third kappa shape index (κ3) is 4.02. The van der Waals surface area contributed by atoms with Crippen molar-refractivity contribution in [2.75, 3.05) is 31.5 Å². The first-order valence-electron chi connectivity index (χ1n) is 8.32. The van der Waals surface area contributed by atoms with Gasteiger partial charge >= 0.3 is 0 Å². The number of pyridine rings is 1. The van der Waals surface area contributed by atoms with Gasteiger partial charge in [-0.3, -0.25) is 9.59 Å². The van der Waals surface area contributed by atoms with E-state index in [9.17, 15) is 9.59 Å². The molecule has 0 bridgehead atoms. The molecule has 0 radical (unpaired) electrons. The van der Waals surface area contributed by atoms with Gasteiger partial charge in [0.1, 0.15) is 11.9 Å². The second-order valence-electron chi connectivity index (χ2n) is 6.37. The summed E-state index contributed by atoms with van der Waals surface area (Å²) in [7, 11) is 0. The fraction of sp³-hybridized carbons (Fsp3) is 0.529. The summed E-state index contributed by atoms with van der Waals surface area (Å²) in [6.07, 6.45) is 4.32. The van der Waals surface area contributed by atoms with E-state index in [1.165, 1.54) is 12.8 Å². The molecule has 2 N–H and O–H groups in total. The molecular formula is C17H21N5O2. The maximum Gasteiger partial charge on any atom is 0.225 e. The smallest absolute Gasteiger partial charge is 0.225 e. The van der Waals surface area contributed by atoms with Gasteiger partial charge in [0.25, 0.3) is 0 Å². The zero-order chi connectivity index (χ0) is 16.9. The van der Waals surface area contributed by atoms with Gasteiger partial charge in [-0.25, -0.2) is 4.98 Å². The maximum atomic E-state index is 12.2. The third-order valence-electron chi connectivity index (χ3n) is 4.41. The molecule has 1 aliphatic heterocycles. The summed E-state index contributed by atoms with van der Waals surface area (Å²) in [6.45, 7) is 2.24. The van der Waals surface area contributed by atoms with E-state index in [0.29, 0.717) is 43.4 Å². The molecule has 1 unspecified atom stereocenters. The van der Waals surface area contributed by atoms with Crippen LogP contribution >= 0.6 is 0 Å². The quantitative estimate of drug-likeness (QED) is 0.720. The number of amides is 2. The van der Waals surface area contributed by atoms with Crippen molar-refractivity contribution in [3.05, 3.63) is 23.9 Å². The van der Waals surface area contributed by atoms with Crippen molar-refractivity contribution in [2.45, 2.75) is 19.3 Å². The van der Waals surface area contributed by atoms with E-state index in [-0.39, 0.29) is 17.7 Å². The highest BCUT2D eigenvalue weighted by molar-refractivity contribution is 5.89. The Balaban J connectivity index is 1.40. The number of carbonyl (C=O) groups excluding carboxylic acids is 2. The molecule has 7 heteroatoms. The van der Waals surface area contributed by atoms with Crippen LogP contribution < -0.4 is 10.6 Å². The van der Waals surface area contributed by atoms with Gasteiger partial charge < -0.3 is 15.5 Å². The number of rotatable bonds is 7. The van der Waals surface area contributed by atoms with Crippen molar-refractivity contribution in [3.63, 3.8) is 0 Å². The van der Waals surface area contributed by atoms with Crippen molar-refractivity contribution in [2.24, 2.45) is 11.8 Å². The number of likely N-dealkylation sites (tertiary alicyclic amines) is 1. The van der Waals surface area contributed by atoms with Crippen LogP contribution in [-0.4, -0.2) is 47.9 Å². The molecule has 0 aromatic carbocycles. The van der Waals surface area contributed by atoms with Crippen LogP contribution in [0, 0.1) is 23.2 Å². The number of nitrogens with zero attached hydrogens (tertiary/aromatic N) is 3. The number of aromatic nitrogens is 1. The summed E-state index contributed by atoms with van der Waals surface area (Å²) in [4.78, 5) is 30.0. The summed E-state index contributed by atoms with van der Waals surface area (Å²) in [5.41, 5.74) is 0.473. The molecule has 7 nitrogen and oxygen atoms in total. The minimum Gasteiger partial charge on any atom is -0.367 e. The largest absolute Gasteiger partial charge is 0.367 e. The van der Waals surface area contributed by atoms with E-state index < -0.39 is 0 Å². The zero-order valence-electron chi connectivity index (χ0n) is 13.5. The molecule has 1 saturated heterocycles. The van der Waals surface area contributed by atoms with Crippen molar-refractivity contribution >= 4 is 17.6 Å². The minimum atomic E-state index is -0.249. The summed E-state index contributed by atoms with van der Waals surface area (Å²) >= 11 is 0. The lowest BCUT2D eigenvalue weighted by Crippen LogP contribution is -2.36. The monoisotopic (exact) mass is 327 g/mol. The number of anilines is 1. The van der Waals surface area contributed by atoms with Crippen LogP contribution in [-0.2, 0) is 9.59 Å². The van der Waals surface area contributed by atoms with Crippen LogP contribution in [0.2, 0.25) is 0 Å².